The van der Waals surface area contributed by atoms with Gasteiger partial charge in [0.1, 0.15) is 5.75 Å². The predicted molar refractivity (Wildman–Crippen MR) is 80.8 cm³/mol. The second kappa shape index (κ2) is 7.32. The summed E-state index contributed by atoms with van der Waals surface area (Å²) < 4.78 is 4.82. The SMILES string of the molecule is CCC(C)c1cccc(O)c1.CCC1(C)CCOC1=O. The molecule has 1 aromatic carbocycles. The van der Waals surface area contributed by atoms with Crippen molar-refractivity contribution in [3.63, 3.8) is 0 Å². The summed E-state index contributed by atoms with van der Waals surface area (Å²) in [5, 5.41) is 9.16. The van der Waals surface area contributed by atoms with E-state index in [4.69, 9.17) is 9.84 Å². The third kappa shape index (κ3) is 4.26. The molecule has 3 heteroatoms. The zero-order valence-electron chi connectivity index (χ0n) is 13.0. The normalized spacial score (nSPS) is 22.7. The molecule has 2 unspecified atom stereocenters. The second-order valence-electron chi connectivity index (χ2n) is 5.70. The highest BCUT2D eigenvalue weighted by Gasteiger charge is 2.37. The molecule has 0 bridgehead atoms. The van der Waals surface area contributed by atoms with Crippen molar-refractivity contribution < 1.29 is 14.6 Å². The highest BCUT2D eigenvalue weighted by Crippen LogP contribution is 2.32. The number of rotatable bonds is 3. The van der Waals surface area contributed by atoms with Gasteiger partial charge in [-0.05, 0) is 49.8 Å². The minimum Gasteiger partial charge on any atom is -0.508 e. The molecule has 1 heterocycles. The van der Waals surface area contributed by atoms with Gasteiger partial charge in [-0.1, -0.05) is 32.9 Å². The van der Waals surface area contributed by atoms with E-state index in [-0.39, 0.29) is 11.4 Å². The van der Waals surface area contributed by atoms with Gasteiger partial charge in [0.25, 0.3) is 0 Å². The summed E-state index contributed by atoms with van der Waals surface area (Å²) in [4.78, 5) is 10.9. The number of cyclic esters (lactones) is 1. The van der Waals surface area contributed by atoms with Crippen LogP contribution < -0.4 is 0 Å². The average molecular weight is 278 g/mol. The Morgan fingerprint density at radius 2 is 2.10 bits per heavy atom. The number of phenols is 1. The van der Waals surface area contributed by atoms with Crippen LogP contribution in [0, 0.1) is 5.41 Å². The summed E-state index contributed by atoms with van der Waals surface area (Å²) in [5.41, 5.74) is 1.05. The Balaban J connectivity index is 0.000000204. The second-order valence-corrected chi connectivity index (χ2v) is 5.70. The number of aromatic hydroxyl groups is 1. The molecule has 0 radical (unpaired) electrons. The molecule has 0 aromatic heterocycles. The van der Waals surface area contributed by atoms with Crippen LogP contribution in [0.1, 0.15) is 58.4 Å². The van der Waals surface area contributed by atoms with Gasteiger partial charge >= 0.3 is 5.97 Å². The fourth-order valence-electron chi connectivity index (χ4n) is 2.03. The van der Waals surface area contributed by atoms with E-state index in [1.165, 1.54) is 5.56 Å². The molecule has 0 saturated carbocycles. The Kier molecular flexibility index (Phi) is 6.05. The summed E-state index contributed by atoms with van der Waals surface area (Å²) in [6.07, 6.45) is 2.90. The van der Waals surface area contributed by atoms with Crippen LogP contribution in [-0.4, -0.2) is 17.7 Å². The van der Waals surface area contributed by atoms with E-state index in [9.17, 15) is 4.79 Å². The van der Waals surface area contributed by atoms with Crippen LogP contribution in [0.2, 0.25) is 0 Å². The molecule has 2 rings (SSSR count). The van der Waals surface area contributed by atoms with Crippen molar-refractivity contribution in [3.8, 4) is 5.75 Å². The van der Waals surface area contributed by atoms with E-state index in [2.05, 4.69) is 13.8 Å². The van der Waals surface area contributed by atoms with Crippen LogP contribution in [0.3, 0.4) is 0 Å². The van der Waals surface area contributed by atoms with E-state index in [0.29, 0.717) is 18.3 Å². The summed E-state index contributed by atoms with van der Waals surface area (Å²) in [5.74, 6) is 0.884. The van der Waals surface area contributed by atoms with Crippen molar-refractivity contribution in [3.05, 3.63) is 29.8 Å². The largest absolute Gasteiger partial charge is 0.508 e. The van der Waals surface area contributed by atoms with Crippen molar-refractivity contribution in [1.29, 1.82) is 0 Å². The molecule has 20 heavy (non-hydrogen) atoms. The summed E-state index contributed by atoms with van der Waals surface area (Å²) in [6.45, 7) is 8.90. The van der Waals surface area contributed by atoms with Gasteiger partial charge in [-0.15, -0.1) is 0 Å². The Morgan fingerprint density at radius 1 is 1.40 bits per heavy atom. The number of carbonyl (C=O) groups is 1. The highest BCUT2D eigenvalue weighted by molar-refractivity contribution is 5.77. The molecule has 1 saturated heterocycles. The van der Waals surface area contributed by atoms with Gasteiger partial charge in [0.2, 0.25) is 0 Å². The molecule has 1 aromatic rings. The average Bonchev–Trinajstić information content (AvgIpc) is 2.79. The van der Waals surface area contributed by atoms with Gasteiger partial charge in [-0.25, -0.2) is 0 Å². The fraction of sp³-hybridized carbons (Fsp3) is 0.588. The van der Waals surface area contributed by atoms with Crippen molar-refractivity contribution in [1.82, 2.24) is 0 Å². The van der Waals surface area contributed by atoms with E-state index >= 15 is 0 Å². The number of benzene rings is 1. The first-order chi connectivity index (χ1) is 9.42. The molecule has 1 aliphatic rings. The number of hydrogen-bond donors (Lipinski definition) is 1. The van der Waals surface area contributed by atoms with Crippen LogP contribution >= 0.6 is 0 Å². The van der Waals surface area contributed by atoms with Crippen molar-refractivity contribution in [2.75, 3.05) is 6.61 Å². The molecular weight excluding hydrogens is 252 g/mol. The maximum absolute atomic E-state index is 10.9. The van der Waals surface area contributed by atoms with Gasteiger partial charge < -0.3 is 9.84 Å². The maximum Gasteiger partial charge on any atom is 0.311 e. The smallest absolute Gasteiger partial charge is 0.311 e. The van der Waals surface area contributed by atoms with Crippen molar-refractivity contribution in [2.24, 2.45) is 5.41 Å². The van der Waals surface area contributed by atoms with Crippen molar-refractivity contribution in [2.45, 2.75) is 52.9 Å². The first kappa shape index (κ1) is 16.5. The first-order valence-corrected chi connectivity index (χ1v) is 7.39. The van der Waals surface area contributed by atoms with Gasteiger partial charge in [-0.2, -0.15) is 0 Å². The zero-order valence-corrected chi connectivity index (χ0v) is 13.0. The molecule has 1 aliphatic heterocycles. The molecule has 0 aliphatic carbocycles. The number of esters is 1. The van der Waals surface area contributed by atoms with Gasteiger partial charge in [0.15, 0.2) is 0 Å². The van der Waals surface area contributed by atoms with Crippen LogP contribution in [0.25, 0.3) is 0 Å². The summed E-state index contributed by atoms with van der Waals surface area (Å²) in [6, 6.07) is 7.46. The Morgan fingerprint density at radius 3 is 2.50 bits per heavy atom. The lowest BCUT2D eigenvalue weighted by molar-refractivity contribution is -0.145. The van der Waals surface area contributed by atoms with E-state index < -0.39 is 0 Å². The maximum atomic E-state index is 10.9. The predicted octanol–water partition coefficient (Wildman–Crippen LogP) is 4.26. The number of ether oxygens (including phenoxy) is 1. The van der Waals surface area contributed by atoms with Crippen LogP contribution in [-0.2, 0) is 9.53 Å². The van der Waals surface area contributed by atoms with Gasteiger partial charge in [0, 0.05) is 0 Å². The van der Waals surface area contributed by atoms with E-state index in [1.54, 1.807) is 6.07 Å². The molecule has 0 amide bonds. The zero-order chi connectivity index (χ0) is 15.2. The van der Waals surface area contributed by atoms with Crippen LogP contribution in [0.4, 0.5) is 0 Å². The molecular formula is C17H26O3. The van der Waals surface area contributed by atoms with Gasteiger partial charge in [0.05, 0.1) is 12.0 Å². The lowest BCUT2D eigenvalue weighted by atomic mass is 9.86. The highest BCUT2D eigenvalue weighted by atomic mass is 16.5. The van der Waals surface area contributed by atoms with E-state index in [1.807, 2.05) is 32.0 Å². The minimum absolute atomic E-state index is 0.0231. The standard InChI is InChI=1S/C10H14O.C7H12O2/c1-3-8(2)9-5-4-6-10(11)7-9;1-3-7(2)4-5-9-6(7)8/h4-8,11H,3H2,1-2H3;3-5H2,1-2H3. The summed E-state index contributed by atoms with van der Waals surface area (Å²) in [7, 11) is 0. The lowest BCUT2D eigenvalue weighted by Gasteiger charge is -2.14. The molecule has 2 atom stereocenters. The first-order valence-electron chi connectivity index (χ1n) is 7.39. The van der Waals surface area contributed by atoms with Crippen molar-refractivity contribution >= 4 is 5.97 Å². The van der Waals surface area contributed by atoms with Gasteiger partial charge in [-0.3, -0.25) is 4.79 Å². The topological polar surface area (TPSA) is 46.5 Å². The number of hydrogen-bond acceptors (Lipinski definition) is 3. The third-order valence-corrected chi connectivity index (χ3v) is 4.21. The monoisotopic (exact) mass is 278 g/mol. The quantitative estimate of drug-likeness (QED) is 0.840. The Bertz CT molecular complexity index is 442. The van der Waals surface area contributed by atoms with E-state index in [0.717, 1.165) is 19.3 Å². The minimum atomic E-state index is -0.167. The number of phenolic OH excluding ortho intramolecular Hbond substituents is 1. The van der Waals surface area contributed by atoms with Crippen LogP contribution in [0.5, 0.6) is 5.75 Å². The third-order valence-electron chi connectivity index (χ3n) is 4.21. The molecule has 0 spiro atoms. The van der Waals surface area contributed by atoms with Crippen LogP contribution in [0.15, 0.2) is 24.3 Å². The lowest BCUT2D eigenvalue weighted by Crippen LogP contribution is -2.20. The Hall–Kier alpha value is -1.51. The molecule has 112 valence electrons. The number of carbonyl (C=O) groups excluding carboxylic acids is 1. The fourth-order valence-corrected chi connectivity index (χ4v) is 2.03. The molecule has 1 N–H and O–H groups in total. The summed E-state index contributed by atoms with van der Waals surface area (Å²) >= 11 is 0. The molecule has 1 fully saturated rings. The Labute approximate surface area is 122 Å². The molecule has 3 nitrogen and oxygen atoms in total.